The highest BCUT2D eigenvalue weighted by molar-refractivity contribution is 7.09. The summed E-state index contributed by atoms with van der Waals surface area (Å²) in [5, 5.41) is 16.4. The predicted octanol–water partition coefficient (Wildman–Crippen LogP) is 3.31. The van der Waals surface area contributed by atoms with E-state index >= 15 is 0 Å². The number of likely N-dealkylation sites (tertiary alicyclic amines) is 2. The summed E-state index contributed by atoms with van der Waals surface area (Å²) < 4.78 is 65.6. The van der Waals surface area contributed by atoms with Crippen LogP contribution in [0.4, 0.5) is 26.3 Å². The van der Waals surface area contributed by atoms with Crippen molar-refractivity contribution in [2.24, 2.45) is 18.9 Å². The third-order valence-electron chi connectivity index (χ3n) is 5.37. The lowest BCUT2D eigenvalue weighted by Crippen LogP contribution is -2.29. The zero-order valence-corrected chi connectivity index (χ0v) is 19.3. The molecule has 15 heteroatoms. The third-order valence-corrected chi connectivity index (χ3v) is 6.23. The molecule has 0 radical (unpaired) electrons. The van der Waals surface area contributed by atoms with Gasteiger partial charge in [0.1, 0.15) is 5.82 Å². The first-order valence-corrected chi connectivity index (χ1v) is 11.1. The van der Waals surface area contributed by atoms with Crippen LogP contribution in [0, 0.1) is 11.8 Å². The number of aliphatic carboxylic acids is 2. The highest BCUT2D eigenvalue weighted by Crippen LogP contribution is 2.32. The second-order valence-corrected chi connectivity index (χ2v) is 9.08. The number of aromatic nitrogens is 2. The van der Waals surface area contributed by atoms with E-state index in [2.05, 4.69) is 43.9 Å². The van der Waals surface area contributed by atoms with Gasteiger partial charge in [0.25, 0.3) is 0 Å². The van der Waals surface area contributed by atoms with Gasteiger partial charge in [0.15, 0.2) is 0 Å². The first-order chi connectivity index (χ1) is 16.2. The van der Waals surface area contributed by atoms with Crippen molar-refractivity contribution in [1.29, 1.82) is 0 Å². The van der Waals surface area contributed by atoms with Gasteiger partial charge in [-0.2, -0.15) is 26.3 Å². The molecule has 0 aromatic carbocycles. The van der Waals surface area contributed by atoms with Crippen molar-refractivity contribution in [3.05, 3.63) is 40.6 Å². The largest absolute Gasteiger partial charge is 0.490 e. The lowest BCUT2D eigenvalue weighted by atomic mass is 10.0. The monoisotopic (exact) mass is 530 g/mol. The van der Waals surface area contributed by atoms with Crippen molar-refractivity contribution in [1.82, 2.24) is 19.4 Å². The third kappa shape index (κ3) is 9.14. The molecule has 4 rings (SSSR count). The Bertz CT molecular complexity index is 926. The van der Waals surface area contributed by atoms with Gasteiger partial charge in [0.2, 0.25) is 0 Å². The van der Waals surface area contributed by atoms with E-state index in [1.54, 1.807) is 0 Å². The summed E-state index contributed by atoms with van der Waals surface area (Å²) in [7, 11) is 2.09. The Balaban J connectivity index is 0.000000257. The molecule has 2 atom stereocenters. The van der Waals surface area contributed by atoms with E-state index < -0.39 is 24.3 Å². The number of hydrogen-bond acceptors (Lipinski definition) is 6. The second kappa shape index (κ2) is 11.9. The molecule has 2 saturated heterocycles. The van der Waals surface area contributed by atoms with Gasteiger partial charge in [0, 0.05) is 57.0 Å². The van der Waals surface area contributed by atoms with Crippen LogP contribution < -0.4 is 0 Å². The summed E-state index contributed by atoms with van der Waals surface area (Å²) in [5.41, 5.74) is 0. The molecule has 2 aliphatic heterocycles. The summed E-state index contributed by atoms with van der Waals surface area (Å²) >= 11 is 1.88. The number of carboxylic acid groups (broad SMARTS) is 2. The van der Waals surface area contributed by atoms with Crippen LogP contribution in [0.15, 0.2) is 29.9 Å². The van der Waals surface area contributed by atoms with Gasteiger partial charge in [-0.15, -0.1) is 11.3 Å². The Morgan fingerprint density at radius 2 is 1.43 bits per heavy atom. The van der Waals surface area contributed by atoms with Gasteiger partial charge in [0.05, 0.1) is 6.54 Å². The summed E-state index contributed by atoms with van der Waals surface area (Å²) in [5.74, 6) is -2.62. The molecule has 0 bridgehead atoms. The summed E-state index contributed by atoms with van der Waals surface area (Å²) in [6.07, 6.45) is -6.23. The van der Waals surface area contributed by atoms with Crippen LogP contribution in [-0.4, -0.2) is 80.0 Å². The van der Waals surface area contributed by atoms with E-state index in [0.717, 1.165) is 24.9 Å². The van der Waals surface area contributed by atoms with Crippen LogP contribution in [0.25, 0.3) is 0 Å². The molecule has 2 fully saturated rings. The van der Waals surface area contributed by atoms with Gasteiger partial charge in [-0.1, -0.05) is 6.07 Å². The van der Waals surface area contributed by atoms with E-state index in [1.807, 2.05) is 23.7 Å². The Morgan fingerprint density at radius 1 is 0.971 bits per heavy atom. The maximum Gasteiger partial charge on any atom is 0.490 e. The van der Waals surface area contributed by atoms with E-state index in [-0.39, 0.29) is 0 Å². The Kier molecular flexibility index (Phi) is 9.68. The van der Waals surface area contributed by atoms with Crippen molar-refractivity contribution < 1.29 is 46.1 Å². The molecular weight excluding hydrogens is 506 g/mol. The van der Waals surface area contributed by atoms with E-state index in [0.29, 0.717) is 0 Å². The standard InChI is InChI=1S/C16H22N4S.2C2HF3O2/c1-18-5-4-17-16(18)12-20-9-13-7-19(8-14(13)10-20)11-15-3-2-6-21-15;2*3-2(4,5)1(6)7/h2-6,13-14H,7-12H2,1H3;2*(H,6,7)/t13-,14+;;. The molecule has 2 aromatic rings. The minimum absolute atomic E-state index is 0.852. The first-order valence-electron chi connectivity index (χ1n) is 10.2. The zero-order chi connectivity index (χ0) is 26.4. The number of halogens is 6. The maximum absolute atomic E-state index is 10.6. The fourth-order valence-electron chi connectivity index (χ4n) is 3.82. The Labute approximate surface area is 200 Å². The van der Waals surface area contributed by atoms with Gasteiger partial charge >= 0.3 is 24.3 Å². The molecule has 196 valence electrons. The van der Waals surface area contributed by atoms with Crippen LogP contribution in [-0.2, 0) is 29.7 Å². The Hall–Kier alpha value is -2.65. The van der Waals surface area contributed by atoms with E-state index in [9.17, 15) is 26.3 Å². The molecule has 0 amide bonds. The minimum Gasteiger partial charge on any atom is -0.475 e. The van der Waals surface area contributed by atoms with Crippen molar-refractivity contribution in [3.8, 4) is 0 Å². The van der Waals surface area contributed by atoms with Crippen molar-refractivity contribution in [3.63, 3.8) is 0 Å². The molecule has 0 spiro atoms. The van der Waals surface area contributed by atoms with Crippen molar-refractivity contribution in [2.45, 2.75) is 25.4 Å². The van der Waals surface area contributed by atoms with Gasteiger partial charge in [-0.05, 0) is 23.3 Å². The molecule has 2 aliphatic rings. The normalized spacial score (nSPS) is 20.4. The first kappa shape index (κ1) is 28.6. The molecule has 4 heterocycles. The number of alkyl halides is 6. The molecule has 8 nitrogen and oxygen atoms in total. The number of thiophene rings is 1. The number of carboxylic acids is 2. The summed E-state index contributed by atoms with van der Waals surface area (Å²) in [6.45, 7) is 7.14. The van der Waals surface area contributed by atoms with Gasteiger partial charge < -0.3 is 14.8 Å². The van der Waals surface area contributed by atoms with E-state index in [4.69, 9.17) is 19.8 Å². The molecule has 35 heavy (non-hydrogen) atoms. The van der Waals surface area contributed by atoms with Gasteiger partial charge in [-0.3, -0.25) is 9.80 Å². The number of fused-ring (bicyclic) bond motifs is 1. The topological polar surface area (TPSA) is 98.9 Å². The van der Waals surface area contributed by atoms with Crippen LogP contribution in [0.1, 0.15) is 10.7 Å². The second-order valence-electron chi connectivity index (χ2n) is 8.05. The number of rotatable bonds is 4. The highest BCUT2D eigenvalue weighted by atomic mass is 32.1. The van der Waals surface area contributed by atoms with Crippen LogP contribution in [0.2, 0.25) is 0 Å². The minimum atomic E-state index is -5.08. The number of hydrogen-bond donors (Lipinski definition) is 2. The Morgan fingerprint density at radius 3 is 1.77 bits per heavy atom. The maximum atomic E-state index is 10.6. The number of nitrogens with zero attached hydrogens (tertiary/aromatic N) is 4. The number of imidazole rings is 1. The SMILES string of the molecule is Cn1ccnc1CN1C[C@H]2CN(Cc3cccs3)C[C@H]2C1.O=C(O)C(F)(F)F.O=C(O)C(F)(F)F. The smallest absolute Gasteiger partial charge is 0.475 e. The molecule has 2 aromatic heterocycles. The number of aryl methyl sites for hydroxylation is 1. The quantitative estimate of drug-likeness (QED) is 0.586. The van der Waals surface area contributed by atoms with Crippen LogP contribution in [0.3, 0.4) is 0 Å². The lowest BCUT2D eigenvalue weighted by Gasteiger charge is -2.20. The fourth-order valence-corrected chi connectivity index (χ4v) is 4.56. The van der Waals surface area contributed by atoms with E-state index in [1.165, 1.54) is 36.9 Å². The predicted molar refractivity (Wildman–Crippen MR) is 112 cm³/mol. The van der Waals surface area contributed by atoms with Crippen molar-refractivity contribution >= 4 is 23.3 Å². The fraction of sp³-hybridized carbons (Fsp3) is 0.550. The average molecular weight is 530 g/mol. The number of carbonyl (C=O) groups is 2. The summed E-state index contributed by atoms with van der Waals surface area (Å²) in [6, 6.07) is 4.41. The zero-order valence-electron chi connectivity index (χ0n) is 18.5. The van der Waals surface area contributed by atoms with Gasteiger partial charge in [-0.25, -0.2) is 14.6 Å². The average Bonchev–Trinajstić information content (AvgIpc) is 3.49. The van der Waals surface area contributed by atoms with Crippen LogP contribution in [0.5, 0.6) is 0 Å². The van der Waals surface area contributed by atoms with Crippen LogP contribution >= 0.6 is 11.3 Å². The molecular formula is C20H24F6N4O4S. The highest BCUT2D eigenvalue weighted by Gasteiger charge is 2.40. The lowest BCUT2D eigenvalue weighted by molar-refractivity contribution is -0.193. The molecule has 2 N–H and O–H groups in total. The summed E-state index contributed by atoms with van der Waals surface area (Å²) in [4.78, 5) is 29.0. The van der Waals surface area contributed by atoms with Crippen molar-refractivity contribution in [2.75, 3.05) is 26.2 Å². The molecule has 0 saturated carbocycles. The molecule has 0 aliphatic carbocycles. The molecule has 0 unspecified atom stereocenters.